The number of hydrogen-bond donors (Lipinski definition) is 2. The maximum atomic E-state index is 14.9. The maximum Gasteiger partial charge on any atom is 0.400 e. The molecule has 13 heteroatoms. The van der Waals surface area contributed by atoms with Crippen LogP contribution in [0.1, 0.15) is 19.9 Å². The first kappa shape index (κ1) is 28.7. The molecule has 0 saturated carbocycles. The molecule has 1 saturated heterocycles. The van der Waals surface area contributed by atoms with E-state index in [-0.39, 0.29) is 28.3 Å². The quantitative estimate of drug-likeness (QED) is 0.294. The van der Waals surface area contributed by atoms with Gasteiger partial charge in [-0.15, -0.1) is 0 Å². The average Bonchev–Trinajstić information content (AvgIpc) is 2.92. The minimum atomic E-state index is -4.59. The van der Waals surface area contributed by atoms with Crippen LogP contribution >= 0.6 is 0 Å². The zero-order chi connectivity index (χ0) is 29.3. The van der Waals surface area contributed by atoms with Gasteiger partial charge >= 0.3 is 6.18 Å². The molecule has 41 heavy (non-hydrogen) atoms. The van der Waals surface area contributed by atoms with Crippen molar-refractivity contribution in [1.82, 2.24) is 19.9 Å². The van der Waals surface area contributed by atoms with E-state index in [0.717, 1.165) is 13.1 Å². The third-order valence-electron chi connectivity index (χ3n) is 6.65. The lowest BCUT2D eigenvalue weighted by molar-refractivity contribution is -0.105. The van der Waals surface area contributed by atoms with Gasteiger partial charge in [0.25, 0.3) is 5.56 Å². The van der Waals surface area contributed by atoms with Crippen LogP contribution in [0.5, 0.6) is 0 Å². The van der Waals surface area contributed by atoms with Crippen LogP contribution in [0.25, 0.3) is 22.2 Å². The Hall–Kier alpha value is -3.84. The van der Waals surface area contributed by atoms with Crippen molar-refractivity contribution in [2.24, 2.45) is 0 Å². The van der Waals surface area contributed by atoms with Gasteiger partial charge in [0.2, 0.25) is 5.95 Å². The second kappa shape index (κ2) is 11.6. The van der Waals surface area contributed by atoms with Crippen LogP contribution in [0.3, 0.4) is 0 Å². The number of halogens is 4. The van der Waals surface area contributed by atoms with Crippen molar-refractivity contribution in [1.29, 1.82) is 0 Å². The van der Waals surface area contributed by atoms with E-state index >= 15 is 0 Å². The third kappa shape index (κ3) is 6.41. The molecule has 1 unspecified atom stereocenters. The van der Waals surface area contributed by atoms with Gasteiger partial charge in [-0.3, -0.25) is 13.6 Å². The molecule has 0 spiro atoms. The number of piperazine rings is 1. The number of alkyl halides is 3. The Bertz CT molecular complexity index is 1670. The molecule has 3 heterocycles. The van der Waals surface area contributed by atoms with Gasteiger partial charge in [0, 0.05) is 60.0 Å². The third-order valence-corrected chi connectivity index (χ3v) is 8.02. The summed E-state index contributed by atoms with van der Waals surface area (Å²) in [5.74, 6) is -1.69. The highest BCUT2D eigenvalue weighted by Gasteiger charge is 2.31. The summed E-state index contributed by atoms with van der Waals surface area (Å²) < 4.78 is 67.0. The monoisotopic (exact) mass is 588 g/mol. The molecule has 0 amide bonds. The van der Waals surface area contributed by atoms with Gasteiger partial charge in [-0.2, -0.15) is 18.2 Å². The lowest BCUT2D eigenvalue weighted by Crippen LogP contribution is -2.43. The van der Waals surface area contributed by atoms with Crippen molar-refractivity contribution in [3.8, 4) is 11.1 Å². The number of fused-ring (bicyclic) bond motifs is 1. The van der Waals surface area contributed by atoms with Gasteiger partial charge in [-0.25, -0.2) is 9.37 Å². The molecule has 0 bridgehead atoms. The molecule has 1 fully saturated rings. The Morgan fingerprint density at radius 3 is 2.54 bits per heavy atom. The van der Waals surface area contributed by atoms with Crippen LogP contribution < -0.4 is 21.1 Å². The Morgan fingerprint density at radius 1 is 1.10 bits per heavy atom. The van der Waals surface area contributed by atoms with Crippen molar-refractivity contribution in [3.05, 3.63) is 70.9 Å². The average molecular weight is 589 g/mol. The number of benzene rings is 2. The first-order valence-corrected chi connectivity index (χ1v) is 14.3. The molecular formula is C28H28F4N6O2S. The van der Waals surface area contributed by atoms with Gasteiger partial charge in [0.05, 0.1) is 16.5 Å². The highest BCUT2D eigenvalue weighted by atomic mass is 32.2. The SMILES string of the molecule is CC(C)n1c(=O)c(-c2cccc(S(=O)CC(F)(F)F)c2)cc2cnc(Nc3ccc(N4CCNCC4)c(F)c3)nc21. The van der Waals surface area contributed by atoms with Crippen LogP contribution in [0.15, 0.2) is 64.4 Å². The van der Waals surface area contributed by atoms with E-state index in [2.05, 4.69) is 20.6 Å². The fourth-order valence-electron chi connectivity index (χ4n) is 4.78. The van der Waals surface area contributed by atoms with Crippen molar-refractivity contribution in [2.45, 2.75) is 31.0 Å². The van der Waals surface area contributed by atoms with Crippen LogP contribution in [-0.2, 0) is 10.8 Å². The summed E-state index contributed by atoms with van der Waals surface area (Å²) in [7, 11) is -2.31. The molecule has 216 valence electrons. The molecule has 2 aromatic carbocycles. The summed E-state index contributed by atoms with van der Waals surface area (Å²) in [6.45, 7) is 6.60. The van der Waals surface area contributed by atoms with E-state index in [1.54, 1.807) is 38.1 Å². The summed E-state index contributed by atoms with van der Waals surface area (Å²) in [6, 6.07) is 11.8. The lowest BCUT2D eigenvalue weighted by atomic mass is 10.1. The minimum absolute atomic E-state index is 0.0265. The van der Waals surface area contributed by atoms with E-state index in [1.807, 2.05) is 4.90 Å². The number of anilines is 3. The summed E-state index contributed by atoms with van der Waals surface area (Å²) in [6.07, 6.45) is -3.07. The highest BCUT2D eigenvalue weighted by Crippen LogP contribution is 2.28. The predicted molar refractivity (Wildman–Crippen MR) is 152 cm³/mol. The standard InChI is InChI=1S/C28H28F4N6O2S/c1-17(2)38-25-19(13-22(26(38)39)18-4-3-5-21(12-18)41(40)16-28(30,31)32)15-34-27(36-25)35-20-6-7-24(23(29)14-20)37-10-8-33-9-11-37/h3-7,12-15,17,33H,8-11,16H2,1-2H3,(H,34,35,36). The molecule has 1 atom stereocenters. The van der Waals surface area contributed by atoms with Gasteiger partial charge in [-0.1, -0.05) is 12.1 Å². The number of hydrogen-bond acceptors (Lipinski definition) is 7. The number of pyridine rings is 1. The van der Waals surface area contributed by atoms with Crippen LogP contribution in [0, 0.1) is 5.82 Å². The fraction of sp³-hybridized carbons (Fsp3) is 0.321. The molecule has 1 aliphatic rings. The zero-order valence-electron chi connectivity index (χ0n) is 22.3. The first-order valence-electron chi connectivity index (χ1n) is 13.0. The van der Waals surface area contributed by atoms with Gasteiger partial charge in [-0.05, 0) is 55.8 Å². The van der Waals surface area contributed by atoms with Crippen molar-refractivity contribution in [2.75, 3.05) is 42.1 Å². The topological polar surface area (TPSA) is 92.2 Å². The molecule has 0 aliphatic carbocycles. The van der Waals surface area contributed by atoms with E-state index in [0.29, 0.717) is 41.1 Å². The summed E-state index contributed by atoms with van der Waals surface area (Å²) in [5.41, 5.74) is 1.43. The van der Waals surface area contributed by atoms with Crippen molar-refractivity contribution < 1.29 is 21.8 Å². The van der Waals surface area contributed by atoms with E-state index in [1.165, 1.54) is 35.0 Å². The molecule has 2 N–H and O–H groups in total. The Balaban J connectivity index is 1.48. The molecule has 2 aromatic heterocycles. The lowest BCUT2D eigenvalue weighted by Gasteiger charge is -2.29. The van der Waals surface area contributed by atoms with Crippen LogP contribution in [0.2, 0.25) is 0 Å². The Morgan fingerprint density at radius 2 is 1.85 bits per heavy atom. The normalized spacial score (nSPS) is 15.0. The van der Waals surface area contributed by atoms with Gasteiger partial charge < -0.3 is 15.5 Å². The molecule has 8 nitrogen and oxygen atoms in total. The Labute approximate surface area is 235 Å². The van der Waals surface area contributed by atoms with Crippen LogP contribution in [0.4, 0.5) is 34.9 Å². The van der Waals surface area contributed by atoms with E-state index in [9.17, 15) is 26.6 Å². The molecule has 0 radical (unpaired) electrons. The molecular weight excluding hydrogens is 560 g/mol. The fourth-order valence-corrected chi connectivity index (χ4v) is 5.73. The summed E-state index contributed by atoms with van der Waals surface area (Å²) in [5, 5.41) is 6.76. The number of rotatable bonds is 7. The summed E-state index contributed by atoms with van der Waals surface area (Å²) >= 11 is 0. The van der Waals surface area contributed by atoms with Gasteiger partial charge in [0.1, 0.15) is 17.2 Å². The molecule has 1 aliphatic heterocycles. The number of aromatic nitrogens is 3. The molecule has 5 rings (SSSR count). The second-order valence-electron chi connectivity index (χ2n) is 9.96. The second-order valence-corrected chi connectivity index (χ2v) is 11.4. The van der Waals surface area contributed by atoms with Gasteiger partial charge in [0.15, 0.2) is 0 Å². The minimum Gasteiger partial charge on any atom is -0.367 e. The predicted octanol–water partition coefficient (Wildman–Crippen LogP) is 5.00. The highest BCUT2D eigenvalue weighted by molar-refractivity contribution is 7.85. The molecule has 4 aromatic rings. The van der Waals surface area contributed by atoms with Crippen LogP contribution in [-0.4, -0.2) is 56.9 Å². The maximum absolute atomic E-state index is 14.9. The number of nitrogens with zero attached hydrogens (tertiary/aromatic N) is 4. The zero-order valence-corrected chi connectivity index (χ0v) is 23.2. The smallest absolute Gasteiger partial charge is 0.367 e. The van der Waals surface area contributed by atoms with E-state index < -0.39 is 28.3 Å². The summed E-state index contributed by atoms with van der Waals surface area (Å²) in [4.78, 5) is 24.4. The number of nitrogens with one attached hydrogen (secondary N) is 2. The van der Waals surface area contributed by atoms with Crippen molar-refractivity contribution >= 4 is 39.2 Å². The Kier molecular flexibility index (Phi) is 8.09. The van der Waals surface area contributed by atoms with E-state index in [4.69, 9.17) is 0 Å². The van der Waals surface area contributed by atoms with Crippen molar-refractivity contribution in [3.63, 3.8) is 0 Å². The first-order chi connectivity index (χ1) is 19.5. The largest absolute Gasteiger partial charge is 0.400 e.